The number of hydrogen-bond acceptors (Lipinski definition) is 5. The first-order chi connectivity index (χ1) is 13.5. The van der Waals surface area contributed by atoms with Crippen LogP contribution in [0.3, 0.4) is 0 Å². The van der Waals surface area contributed by atoms with E-state index in [0.717, 1.165) is 23.3 Å². The molecule has 1 aliphatic rings. The fraction of sp³-hybridized carbons (Fsp3) is 0.429. The van der Waals surface area contributed by atoms with Crippen molar-refractivity contribution in [1.82, 2.24) is 10.2 Å². The van der Waals surface area contributed by atoms with Crippen molar-refractivity contribution in [3.05, 3.63) is 46.2 Å². The number of rotatable bonds is 6. The van der Waals surface area contributed by atoms with Crippen molar-refractivity contribution < 1.29 is 19.1 Å². The Morgan fingerprint density at radius 2 is 2.07 bits per heavy atom. The monoisotopic (exact) mass is 402 g/mol. The number of benzene rings is 1. The van der Waals surface area contributed by atoms with E-state index in [2.05, 4.69) is 5.32 Å². The van der Waals surface area contributed by atoms with Crippen LogP contribution in [0.1, 0.15) is 41.0 Å². The van der Waals surface area contributed by atoms with Gasteiger partial charge in [-0.1, -0.05) is 6.07 Å². The summed E-state index contributed by atoms with van der Waals surface area (Å²) in [7, 11) is 3.21. The lowest BCUT2D eigenvalue weighted by Crippen LogP contribution is -2.45. The summed E-state index contributed by atoms with van der Waals surface area (Å²) >= 11 is 1.43. The summed E-state index contributed by atoms with van der Waals surface area (Å²) < 4.78 is 10.7. The fourth-order valence-electron chi connectivity index (χ4n) is 3.52. The van der Waals surface area contributed by atoms with Crippen molar-refractivity contribution in [2.24, 2.45) is 5.92 Å². The number of piperidine rings is 1. The third kappa shape index (κ3) is 4.47. The average molecular weight is 403 g/mol. The summed E-state index contributed by atoms with van der Waals surface area (Å²) in [5.41, 5.74) is 0.859. The van der Waals surface area contributed by atoms with E-state index in [4.69, 9.17) is 9.47 Å². The molecule has 2 atom stereocenters. The Kier molecular flexibility index (Phi) is 6.57. The van der Waals surface area contributed by atoms with Crippen LogP contribution in [0.15, 0.2) is 35.7 Å². The molecule has 0 radical (unpaired) electrons. The first kappa shape index (κ1) is 20.2. The highest BCUT2D eigenvalue weighted by Crippen LogP contribution is 2.30. The second-order valence-electron chi connectivity index (χ2n) is 6.91. The number of nitrogens with zero attached hydrogens (tertiary/aromatic N) is 1. The van der Waals surface area contributed by atoms with Gasteiger partial charge in [0.15, 0.2) is 0 Å². The molecule has 1 aliphatic heterocycles. The van der Waals surface area contributed by atoms with Crippen LogP contribution in [0.25, 0.3) is 0 Å². The topological polar surface area (TPSA) is 67.9 Å². The predicted molar refractivity (Wildman–Crippen MR) is 109 cm³/mol. The highest BCUT2D eigenvalue weighted by atomic mass is 32.1. The number of amides is 2. The highest BCUT2D eigenvalue weighted by Gasteiger charge is 2.30. The molecule has 0 spiro atoms. The van der Waals surface area contributed by atoms with Crippen LogP contribution < -0.4 is 14.8 Å². The van der Waals surface area contributed by atoms with Crippen molar-refractivity contribution >= 4 is 23.2 Å². The summed E-state index contributed by atoms with van der Waals surface area (Å²) in [6.45, 7) is 3.07. The van der Waals surface area contributed by atoms with E-state index < -0.39 is 0 Å². The van der Waals surface area contributed by atoms with Gasteiger partial charge in [-0.05, 0) is 49.4 Å². The minimum Gasteiger partial charge on any atom is -0.497 e. The van der Waals surface area contributed by atoms with Crippen LogP contribution in [-0.4, -0.2) is 44.0 Å². The number of carbonyl (C=O) groups excluding carboxylic acids is 2. The zero-order valence-electron chi connectivity index (χ0n) is 16.4. The molecule has 150 valence electrons. The smallest absolute Gasteiger partial charge is 0.263 e. The van der Waals surface area contributed by atoms with Crippen LogP contribution in [-0.2, 0) is 4.79 Å². The Bertz CT molecular complexity index is 822. The molecule has 1 aromatic carbocycles. The number of thiophene rings is 1. The summed E-state index contributed by atoms with van der Waals surface area (Å²) in [6.07, 6.45) is 1.61. The van der Waals surface area contributed by atoms with Gasteiger partial charge in [0, 0.05) is 18.7 Å². The van der Waals surface area contributed by atoms with E-state index in [1.165, 1.54) is 11.3 Å². The Morgan fingerprint density at radius 1 is 1.25 bits per heavy atom. The molecule has 1 fully saturated rings. The van der Waals surface area contributed by atoms with Gasteiger partial charge in [0.1, 0.15) is 11.5 Å². The Balaban J connectivity index is 1.66. The molecule has 2 aromatic rings. The van der Waals surface area contributed by atoms with E-state index in [1.807, 2.05) is 42.6 Å². The van der Waals surface area contributed by atoms with Crippen molar-refractivity contribution in [2.75, 3.05) is 27.3 Å². The molecule has 1 N–H and O–H groups in total. The number of hydrogen-bond donors (Lipinski definition) is 1. The molecule has 1 aromatic heterocycles. The summed E-state index contributed by atoms with van der Waals surface area (Å²) in [6, 6.07) is 8.99. The van der Waals surface area contributed by atoms with E-state index in [9.17, 15) is 9.59 Å². The van der Waals surface area contributed by atoms with E-state index in [0.29, 0.717) is 24.6 Å². The van der Waals surface area contributed by atoms with Crippen molar-refractivity contribution in [3.63, 3.8) is 0 Å². The van der Waals surface area contributed by atoms with Crippen LogP contribution in [0.4, 0.5) is 0 Å². The van der Waals surface area contributed by atoms with Gasteiger partial charge in [-0.25, -0.2) is 0 Å². The quantitative estimate of drug-likeness (QED) is 0.803. The third-order valence-corrected chi connectivity index (χ3v) is 5.93. The zero-order chi connectivity index (χ0) is 20.1. The Morgan fingerprint density at radius 3 is 2.75 bits per heavy atom. The fourth-order valence-corrected chi connectivity index (χ4v) is 4.21. The minimum atomic E-state index is -0.235. The van der Waals surface area contributed by atoms with E-state index >= 15 is 0 Å². The molecule has 2 unspecified atom stereocenters. The molecule has 0 aliphatic carbocycles. The molecule has 6 nitrogen and oxygen atoms in total. The molecule has 2 amide bonds. The van der Waals surface area contributed by atoms with Crippen molar-refractivity contribution in [3.8, 4) is 11.5 Å². The first-order valence-corrected chi connectivity index (χ1v) is 10.3. The first-order valence-electron chi connectivity index (χ1n) is 9.38. The molecule has 0 saturated carbocycles. The van der Waals surface area contributed by atoms with Gasteiger partial charge in [0.25, 0.3) is 5.91 Å². The molecule has 3 rings (SSSR count). The third-order valence-electron chi connectivity index (χ3n) is 5.07. The second-order valence-corrected chi connectivity index (χ2v) is 7.85. The molecule has 2 heterocycles. The molecular weight excluding hydrogens is 376 g/mol. The van der Waals surface area contributed by atoms with E-state index in [-0.39, 0.29) is 23.8 Å². The van der Waals surface area contributed by atoms with Crippen molar-refractivity contribution in [2.45, 2.75) is 25.8 Å². The number of likely N-dealkylation sites (tertiary alicyclic amines) is 1. The largest absolute Gasteiger partial charge is 0.497 e. The van der Waals surface area contributed by atoms with Crippen LogP contribution in [0.5, 0.6) is 11.5 Å². The van der Waals surface area contributed by atoms with Gasteiger partial charge in [-0.2, -0.15) is 0 Å². The number of methoxy groups -OCH3 is 2. The highest BCUT2D eigenvalue weighted by molar-refractivity contribution is 7.12. The number of ether oxygens (including phenoxy) is 2. The minimum absolute atomic E-state index is 0.00927. The lowest BCUT2D eigenvalue weighted by Gasteiger charge is -2.32. The Hall–Kier alpha value is -2.54. The number of carbonyl (C=O) groups is 2. The molecule has 28 heavy (non-hydrogen) atoms. The maximum atomic E-state index is 12.9. The average Bonchev–Trinajstić information content (AvgIpc) is 3.27. The van der Waals surface area contributed by atoms with Gasteiger partial charge in [-0.3, -0.25) is 9.59 Å². The van der Waals surface area contributed by atoms with Gasteiger partial charge in [0.05, 0.1) is 31.1 Å². The lowest BCUT2D eigenvalue weighted by molar-refractivity contribution is -0.127. The maximum Gasteiger partial charge on any atom is 0.263 e. The predicted octanol–water partition coefficient (Wildman–Crippen LogP) is 3.49. The molecule has 7 heteroatoms. The van der Waals surface area contributed by atoms with Gasteiger partial charge >= 0.3 is 0 Å². The number of nitrogens with one attached hydrogen (secondary N) is 1. The Labute approximate surface area is 169 Å². The molecular formula is C21H26N2O4S. The van der Waals surface area contributed by atoms with Gasteiger partial charge in [-0.15, -0.1) is 11.3 Å². The molecule has 0 bridgehead atoms. The van der Waals surface area contributed by atoms with E-state index in [1.54, 1.807) is 19.1 Å². The zero-order valence-corrected chi connectivity index (χ0v) is 17.3. The lowest BCUT2D eigenvalue weighted by atomic mass is 9.96. The summed E-state index contributed by atoms with van der Waals surface area (Å²) in [4.78, 5) is 28.0. The van der Waals surface area contributed by atoms with Gasteiger partial charge < -0.3 is 19.7 Å². The standard InChI is InChI=1S/C21H26N2O4S/c1-14(17-12-16(26-2)8-9-18(17)27-3)22-20(24)15-6-4-10-23(13-15)21(25)19-7-5-11-28-19/h5,7-9,11-12,14-15H,4,6,10,13H2,1-3H3,(H,22,24). The van der Waals surface area contributed by atoms with Crippen molar-refractivity contribution in [1.29, 1.82) is 0 Å². The summed E-state index contributed by atoms with van der Waals surface area (Å²) in [5, 5.41) is 4.97. The summed E-state index contributed by atoms with van der Waals surface area (Å²) in [5.74, 6) is 1.17. The SMILES string of the molecule is COc1ccc(OC)c(C(C)NC(=O)C2CCCN(C(=O)c3cccs3)C2)c1. The molecule has 1 saturated heterocycles. The maximum absolute atomic E-state index is 12.9. The second kappa shape index (κ2) is 9.10. The van der Waals surface area contributed by atoms with Crippen LogP contribution >= 0.6 is 11.3 Å². The van der Waals surface area contributed by atoms with Crippen LogP contribution in [0.2, 0.25) is 0 Å². The normalized spacial score (nSPS) is 17.7. The van der Waals surface area contributed by atoms with Crippen LogP contribution in [0, 0.1) is 5.92 Å². The van der Waals surface area contributed by atoms with Gasteiger partial charge in [0.2, 0.25) is 5.91 Å².